The lowest BCUT2D eigenvalue weighted by Gasteiger charge is -2.37. The van der Waals surface area contributed by atoms with Crippen LogP contribution in [-0.2, 0) is 0 Å². The Morgan fingerprint density at radius 2 is 1.71 bits per heavy atom. The van der Waals surface area contributed by atoms with E-state index in [1.165, 1.54) is 32.1 Å². The highest BCUT2D eigenvalue weighted by Gasteiger charge is 2.29. The fraction of sp³-hybridized carbons (Fsp3) is 1.00. The minimum absolute atomic E-state index is 0.326. The van der Waals surface area contributed by atoms with E-state index in [-0.39, 0.29) is 0 Å². The van der Waals surface area contributed by atoms with Crippen molar-refractivity contribution < 1.29 is 0 Å². The van der Waals surface area contributed by atoms with Gasteiger partial charge in [0.25, 0.3) is 0 Å². The summed E-state index contributed by atoms with van der Waals surface area (Å²) in [5.41, 5.74) is 0.937. The van der Waals surface area contributed by atoms with Gasteiger partial charge in [0.1, 0.15) is 0 Å². The van der Waals surface area contributed by atoms with Gasteiger partial charge in [0.15, 0.2) is 0 Å². The molecule has 14 heavy (non-hydrogen) atoms. The molecule has 1 N–H and O–H groups in total. The van der Waals surface area contributed by atoms with E-state index in [4.69, 9.17) is 0 Å². The lowest BCUT2D eigenvalue weighted by molar-refractivity contribution is 0.162. The predicted octanol–water partition coefficient (Wildman–Crippen LogP) is 3.59. The first-order valence-electron chi connectivity index (χ1n) is 6.04. The van der Waals surface area contributed by atoms with E-state index < -0.39 is 0 Å². The first-order chi connectivity index (χ1) is 6.35. The third-order valence-electron chi connectivity index (χ3n) is 3.93. The molecule has 0 aromatic heterocycles. The van der Waals surface area contributed by atoms with Crippen molar-refractivity contribution >= 4 is 0 Å². The summed E-state index contributed by atoms with van der Waals surface area (Å²) in [6.07, 6.45) is 7.02. The Labute approximate surface area is 89.7 Å². The Kier molecular flexibility index (Phi) is 3.63. The Morgan fingerprint density at radius 1 is 1.21 bits per heavy atom. The molecule has 0 bridgehead atoms. The van der Waals surface area contributed by atoms with Gasteiger partial charge in [-0.05, 0) is 64.3 Å². The lowest BCUT2D eigenvalue weighted by atomic mass is 9.70. The zero-order valence-electron chi connectivity index (χ0n) is 10.6. The van der Waals surface area contributed by atoms with Crippen LogP contribution in [0.1, 0.15) is 59.8 Å². The summed E-state index contributed by atoms with van der Waals surface area (Å²) in [6, 6.07) is 0. The minimum atomic E-state index is 0.326. The summed E-state index contributed by atoms with van der Waals surface area (Å²) in [5, 5.41) is 3.41. The SMILES string of the molecule is CNC(C)(C)CC1CCC(C)(C)CC1. The molecule has 0 amide bonds. The summed E-state index contributed by atoms with van der Waals surface area (Å²) in [7, 11) is 2.08. The molecule has 0 aromatic carbocycles. The molecule has 0 radical (unpaired) electrons. The molecule has 0 saturated heterocycles. The normalized spacial score (nSPS) is 23.8. The van der Waals surface area contributed by atoms with Gasteiger partial charge in [0.2, 0.25) is 0 Å². The quantitative estimate of drug-likeness (QED) is 0.729. The molecule has 0 heterocycles. The van der Waals surface area contributed by atoms with Crippen LogP contribution in [-0.4, -0.2) is 12.6 Å². The van der Waals surface area contributed by atoms with Crippen molar-refractivity contribution in [3.8, 4) is 0 Å². The maximum atomic E-state index is 3.41. The standard InChI is InChI=1S/C13H27N/c1-12(2)8-6-11(7-9-12)10-13(3,4)14-5/h11,14H,6-10H2,1-5H3. The number of rotatable bonds is 3. The van der Waals surface area contributed by atoms with Crippen LogP contribution in [0.25, 0.3) is 0 Å². The predicted molar refractivity (Wildman–Crippen MR) is 63.5 cm³/mol. The number of hydrogen-bond acceptors (Lipinski definition) is 1. The van der Waals surface area contributed by atoms with E-state index in [9.17, 15) is 0 Å². The molecule has 0 atom stereocenters. The van der Waals surface area contributed by atoms with Crippen LogP contribution in [0.15, 0.2) is 0 Å². The summed E-state index contributed by atoms with van der Waals surface area (Å²) < 4.78 is 0. The van der Waals surface area contributed by atoms with Gasteiger partial charge in [-0.2, -0.15) is 0 Å². The van der Waals surface area contributed by atoms with Gasteiger partial charge in [-0.25, -0.2) is 0 Å². The molecular weight excluding hydrogens is 170 g/mol. The molecule has 1 heteroatoms. The second kappa shape index (κ2) is 4.22. The molecule has 1 nitrogen and oxygen atoms in total. The first-order valence-corrected chi connectivity index (χ1v) is 6.04. The van der Waals surface area contributed by atoms with Crippen LogP contribution in [0, 0.1) is 11.3 Å². The Hall–Kier alpha value is -0.0400. The second-order valence-corrected chi connectivity index (χ2v) is 6.45. The Morgan fingerprint density at radius 3 is 2.14 bits per heavy atom. The van der Waals surface area contributed by atoms with Gasteiger partial charge in [0.05, 0.1) is 0 Å². The molecule has 1 aliphatic carbocycles. The van der Waals surface area contributed by atoms with Crippen molar-refractivity contribution in [3.05, 3.63) is 0 Å². The maximum absolute atomic E-state index is 3.41. The first kappa shape index (κ1) is 12.0. The maximum Gasteiger partial charge on any atom is 0.0124 e. The van der Waals surface area contributed by atoms with Crippen LogP contribution in [0.3, 0.4) is 0 Å². The lowest BCUT2D eigenvalue weighted by Crippen LogP contribution is -2.39. The monoisotopic (exact) mass is 197 g/mol. The van der Waals surface area contributed by atoms with Gasteiger partial charge in [0, 0.05) is 5.54 Å². The fourth-order valence-electron chi connectivity index (χ4n) is 2.49. The van der Waals surface area contributed by atoms with E-state index in [1.807, 2.05) is 0 Å². The van der Waals surface area contributed by atoms with E-state index in [1.54, 1.807) is 0 Å². The van der Waals surface area contributed by atoms with Crippen LogP contribution in [0.4, 0.5) is 0 Å². The van der Waals surface area contributed by atoms with Gasteiger partial charge in [-0.15, -0.1) is 0 Å². The highest BCUT2D eigenvalue weighted by atomic mass is 14.9. The van der Waals surface area contributed by atoms with Crippen molar-refractivity contribution in [1.29, 1.82) is 0 Å². The average Bonchev–Trinajstić information content (AvgIpc) is 2.09. The molecule has 0 aliphatic heterocycles. The highest BCUT2D eigenvalue weighted by molar-refractivity contribution is 4.84. The van der Waals surface area contributed by atoms with E-state index in [0.29, 0.717) is 11.0 Å². The summed E-state index contributed by atoms with van der Waals surface area (Å²) in [6.45, 7) is 9.44. The van der Waals surface area contributed by atoms with Gasteiger partial charge in [-0.1, -0.05) is 13.8 Å². The van der Waals surface area contributed by atoms with Crippen molar-refractivity contribution in [1.82, 2.24) is 5.32 Å². The van der Waals surface area contributed by atoms with Crippen molar-refractivity contribution in [2.45, 2.75) is 65.3 Å². The summed E-state index contributed by atoms with van der Waals surface area (Å²) in [4.78, 5) is 0. The van der Waals surface area contributed by atoms with E-state index in [0.717, 1.165) is 5.92 Å². The van der Waals surface area contributed by atoms with Crippen LogP contribution in [0.2, 0.25) is 0 Å². The van der Waals surface area contributed by atoms with E-state index >= 15 is 0 Å². The van der Waals surface area contributed by atoms with Crippen molar-refractivity contribution in [2.24, 2.45) is 11.3 Å². The van der Waals surface area contributed by atoms with E-state index in [2.05, 4.69) is 40.1 Å². The molecule has 84 valence electrons. The van der Waals surface area contributed by atoms with Crippen molar-refractivity contribution in [2.75, 3.05) is 7.05 Å². The molecular formula is C13H27N. The molecule has 1 aliphatic rings. The molecule has 1 rings (SSSR count). The Balaban J connectivity index is 2.36. The summed E-state index contributed by atoms with van der Waals surface area (Å²) >= 11 is 0. The topological polar surface area (TPSA) is 12.0 Å². The minimum Gasteiger partial charge on any atom is -0.315 e. The zero-order chi connectivity index (χ0) is 10.8. The molecule has 1 saturated carbocycles. The molecule has 0 aromatic rings. The highest BCUT2D eigenvalue weighted by Crippen LogP contribution is 2.40. The average molecular weight is 197 g/mol. The van der Waals surface area contributed by atoms with Gasteiger partial charge < -0.3 is 5.32 Å². The Bertz CT molecular complexity index is 172. The van der Waals surface area contributed by atoms with Gasteiger partial charge in [-0.3, -0.25) is 0 Å². The van der Waals surface area contributed by atoms with Crippen LogP contribution in [0.5, 0.6) is 0 Å². The zero-order valence-corrected chi connectivity index (χ0v) is 10.6. The fourth-order valence-corrected chi connectivity index (χ4v) is 2.49. The van der Waals surface area contributed by atoms with Crippen LogP contribution >= 0.6 is 0 Å². The van der Waals surface area contributed by atoms with Crippen molar-refractivity contribution in [3.63, 3.8) is 0 Å². The molecule has 0 unspecified atom stereocenters. The smallest absolute Gasteiger partial charge is 0.0124 e. The third-order valence-corrected chi connectivity index (χ3v) is 3.93. The number of hydrogen-bond donors (Lipinski definition) is 1. The number of nitrogens with one attached hydrogen (secondary N) is 1. The second-order valence-electron chi connectivity index (χ2n) is 6.45. The van der Waals surface area contributed by atoms with Crippen LogP contribution < -0.4 is 5.32 Å². The third kappa shape index (κ3) is 3.61. The summed E-state index contributed by atoms with van der Waals surface area (Å²) in [5.74, 6) is 0.950. The molecule has 1 fully saturated rings. The largest absolute Gasteiger partial charge is 0.315 e. The molecule has 0 spiro atoms. The van der Waals surface area contributed by atoms with Gasteiger partial charge >= 0.3 is 0 Å².